The third kappa shape index (κ3) is 2.81. The Kier molecular flexibility index (Phi) is 4.08. The van der Waals surface area contributed by atoms with Crippen molar-refractivity contribution in [2.45, 2.75) is 13.3 Å². The highest BCUT2D eigenvalue weighted by Crippen LogP contribution is 2.17. The van der Waals surface area contributed by atoms with Crippen LogP contribution in [0.25, 0.3) is 5.57 Å². The first-order valence-corrected chi connectivity index (χ1v) is 4.86. The summed E-state index contributed by atoms with van der Waals surface area (Å²) in [6.45, 7) is 1.85. The fourth-order valence-electron chi connectivity index (χ4n) is 1.13. The predicted molar refractivity (Wildman–Crippen MR) is 55.3 cm³/mol. The first-order valence-electron chi connectivity index (χ1n) is 4.33. The molecule has 76 valence electrons. The van der Waals surface area contributed by atoms with Gasteiger partial charge < -0.3 is 0 Å². The minimum Gasteiger partial charge on any atom is -0.204 e. The molecule has 14 heavy (non-hydrogen) atoms. The van der Waals surface area contributed by atoms with Crippen LogP contribution in [0, 0.1) is 11.6 Å². The van der Waals surface area contributed by atoms with Gasteiger partial charge in [-0.25, -0.2) is 8.78 Å². The summed E-state index contributed by atoms with van der Waals surface area (Å²) in [6, 6.07) is 3.87. The highest BCUT2D eigenvalue weighted by Gasteiger charge is 2.02. The zero-order valence-electron chi connectivity index (χ0n) is 7.86. The molecule has 1 rings (SSSR count). The van der Waals surface area contributed by atoms with Gasteiger partial charge in [-0.15, -0.1) is 11.6 Å². The lowest BCUT2D eigenvalue weighted by atomic mass is 10.1. The Balaban J connectivity index is 2.91. The third-order valence-electron chi connectivity index (χ3n) is 1.93. The van der Waals surface area contributed by atoms with E-state index in [1.165, 1.54) is 6.07 Å². The number of allylic oxidation sites excluding steroid dienone is 2. The first-order chi connectivity index (χ1) is 6.65. The van der Waals surface area contributed by atoms with Crippen molar-refractivity contribution in [2.75, 3.05) is 5.88 Å². The maximum absolute atomic E-state index is 12.8. The van der Waals surface area contributed by atoms with Crippen molar-refractivity contribution >= 4 is 17.2 Å². The van der Waals surface area contributed by atoms with Crippen LogP contribution in [0.3, 0.4) is 0 Å². The van der Waals surface area contributed by atoms with Gasteiger partial charge in [0, 0.05) is 5.88 Å². The summed E-state index contributed by atoms with van der Waals surface area (Å²) < 4.78 is 25.4. The number of rotatable bonds is 3. The molecule has 0 aliphatic heterocycles. The molecular formula is C11H11ClF2. The zero-order chi connectivity index (χ0) is 10.6. The summed E-state index contributed by atoms with van der Waals surface area (Å²) in [4.78, 5) is 0. The molecule has 0 spiro atoms. The van der Waals surface area contributed by atoms with Crippen LogP contribution in [0.4, 0.5) is 8.78 Å². The van der Waals surface area contributed by atoms with Crippen molar-refractivity contribution in [2.24, 2.45) is 0 Å². The van der Waals surface area contributed by atoms with Gasteiger partial charge in [-0.1, -0.05) is 12.1 Å². The number of benzene rings is 1. The van der Waals surface area contributed by atoms with E-state index in [2.05, 4.69) is 0 Å². The van der Waals surface area contributed by atoms with E-state index in [0.717, 1.165) is 18.1 Å². The Labute approximate surface area is 87.2 Å². The van der Waals surface area contributed by atoms with E-state index in [0.29, 0.717) is 11.4 Å². The molecule has 0 unspecified atom stereocenters. The molecule has 0 saturated heterocycles. The van der Waals surface area contributed by atoms with Crippen molar-refractivity contribution < 1.29 is 8.78 Å². The Morgan fingerprint density at radius 2 is 2.07 bits per heavy atom. The van der Waals surface area contributed by atoms with E-state index in [4.69, 9.17) is 11.6 Å². The molecule has 0 radical (unpaired) electrons. The lowest BCUT2D eigenvalue weighted by molar-refractivity contribution is 0.508. The van der Waals surface area contributed by atoms with Gasteiger partial charge >= 0.3 is 0 Å². The molecule has 0 nitrogen and oxygen atoms in total. The van der Waals surface area contributed by atoms with Gasteiger partial charge in [0.2, 0.25) is 0 Å². The minimum atomic E-state index is -0.820. The van der Waals surface area contributed by atoms with Gasteiger partial charge in [-0.2, -0.15) is 0 Å². The van der Waals surface area contributed by atoms with Crippen molar-refractivity contribution in [3.63, 3.8) is 0 Å². The van der Waals surface area contributed by atoms with Crippen LogP contribution in [0.15, 0.2) is 24.3 Å². The molecule has 0 aliphatic carbocycles. The minimum absolute atomic E-state index is 0.529. The van der Waals surface area contributed by atoms with E-state index in [1.807, 2.05) is 13.0 Å². The average molecular weight is 217 g/mol. The molecule has 0 aromatic heterocycles. The Morgan fingerprint density at radius 1 is 1.36 bits per heavy atom. The van der Waals surface area contributed by atoms with Crippen LogP contribution in [-0.4, -0.2) is 5.88 Å². The van der Waals surface area contributed by atoms with E-state index in [9.17, 15) is 8.78 Å². The highest BCUT2D eigenvalue weighted by molar-refractivity contribution is 6.17. The molecular weight excluding hydrogens is 206 g/mol. The summed E-state index contributed by atoms with van der Waals surface area (Å²) in [5.74, 6) is -1.11. The monoisotopic (exact) mass is 216 g/mol. The van der Waals surface area contributed by atoms with Crippen molar-refractivity contribution in [3.05, 3.63) is 41.5 Å². The summed E-state index contributed by atoms with van der Waals surface area (Å²) in [5.41, 5.74) is 1.60. The van der Waals surface area contributed by atoms with E-state index < -0.39 is 11.6 Å². The quantitative estimate of drug-likeness (QED) is 0.670. The zero-order valence-corrected chi connectivity index (χ0v) is 8.61. The van der Waals surface area contributed by atoms with Crippen LogP contribution in [0.2, 0.25) is 0 Å². The van der Waals surface area contributed by atoms with Gasteiger partial charge in [0.05, 0.1) is 0 Å². The van der Waals surface area contributed by atoms with E-state index >= 15 is 0 Å². The largest absolute Gasteiger partial charge is 0.204 e. The number of alkyl halides is 1. The second-order valence-corrected chi connectivity index (χ2v) is 3.37. The van der Waals surface area contributed by atoms with E-state index in [1.54, 1.807) is 6.07 Å². The fraction of sp³-hybridized carbons (Fsp3) is 0.273. The smallest absolute Gasteiger partial charge is 0.159 e. The highest BCUT2D eigenvalue weighted by atomic mass is 35.5. The van der Waals surface area contributed by atoms with Gasteiger partial charge in [0.15, 0.2) is 11.6 Å². The number of hydrogen-bond acceptors (Lipinski definition) is 0. The van der Waals surface area contributed by atoms with Gasteiger partial charge in [-0.05, 0) is 36.6 Å². The van der Waals surface area contributed by atoms with Crippen LogP contribution in [0.1, 0.15) is 18.9 Å². The van der Waals surface area contributed by atoms with Crippen LogP contribution < -0.4 is 0 Å². The summed E-state index contributed by atoms with van der Waals surface area (Å²) in [5, 5.41) is 0. The van der Waals surface area contributed by atoms with Crippen molar-refractivity contribution in [1.29, 1.82) is 0 Å². The van der Waals surface area contributed by atoms with Crippen molar-refractivity contribution in [1.82, 2.24) is 0 Å². The molecule has 0 N–H and O–H groups in total. The summed E-state index contributed by atoms with van der Waals surface area (Å²) in [7, 11) is 0. The Hall–Kier alpha value is -0.890. The van der Waals surface area contributed by atoms with Gasteiger partial charge in [0.1, 0.15) is 0 Å². The SMILES string of the molecule is C/C(=C\CCCl)c1ccc(F)c(F)c1. The third-order valence-corrected chi connectivity index (χ3v) is 2.15. The molecule has 0 amide bonds. The second-order valence-electron chi connectivity index (χ2n) is 2.99. The molecule has 0 saturated carbocycles. The predicted octanol–water partition coefficient (Wildman–Crippen LogP) is 4.00. The number of hydrogen-bond donors (Lipinski definition) is 0. The maximum Gasteiger partial charge on any atom is 0.159 e. The van der Waals surface area contributed by atoms with Crippen molar-refractivity contribution in [3.8, 4) is 0 Å². The molecule has 1 aromatic carbocycles. The molecule has 0 bridgehead atoms. The molecule has 3 heteroatoms. The normalized spacial score (nSPS) is 11.9. The average Bonchev–Trinajstić information content (AvgIpc) is 2.18. The molecule has 0 fully saturated rings. The fourth-order valence-corrected chi connectivity index (χ4v) is 1.24. The van der Waals surface area contributed by atoms with E-state index in [-0.39, 0.29) is 0 Å². The first kappa shape index (κ1) is 11.2. The van der Waals surface area contributed by atoms with Crippen LogP contribution in [0.5, 0.6) is 0 Å². The Bertz CT molecular complexity index is 345. The maximum atomic E-state index is 12.8. The topological polar surface area (TPSA) is 0 Å². The number of halogens is 3. The van der Waals surface area contributed by atoms with Gasteiger partial charge in [-0.3, -0.25) is 0 Å². The van der Waals surface area contributed by atoms with Gasteiger partial charge in [0.25, 0.3) is 0 Å². The van der Waals surface area contributed by atoms with Crippen LogP contribution in [-0.2, 0) is 0 Å². The Morgan fingerprint density at radius 3 is 2.64 bits per heavy atom. The lowest BCUT2D eigenvalue weighted by Crippen LogP contribution is -1.87. The molecule has 0 heterocycles. The summed E-state index contributed by atoms with van der Waals surface area (Å²) in [6.07, 6.45) is 2.63. The lowest BCUT2D eigenvalue weighted by Gasteiger charge is -2.01. The second kappa shape index (κ2) is 5.11. The molecule has 0 aliphatic rings. The summed E-state index contributed by atoms with van der Waals surface area (Å²) >= 11 is 5.51. The van der Waals surface area contributed by atoms with Crippen LogP contribution >= 0.6 is 11.6 Å². The standard InChI is InChI=1S/C11H11ClF2/c1-8(3-2-6-12)9-4-5-10(13)11(14)7-9/h3-5,7H,2,6H2,1H3/b8-3+. The molecule has 0 atom stereocenters. The molecule has 1 aromatic rings.